The lowest BCUT2D eigenvalue weighted by molar-refractivity contribution is -0.385. The Balaban J connectivity index is 2.00. The quantitative estimate of drug-likeness (QED) is 0.682. The van der Waals surface area contributed by atoms with Crippen LogP contribution < -0.4 is 0 Å². The van der Waals surface area contributed by atoms with Gasteiger partial charge in [-0.2, -0.15) is 0 Å². The molecular formula is C16H22N2O5. The number of nitro benzene ring substituents is 1. The van der Waals surface area contributed by atoms with E-state index < -0.39 is 16.4 Å². The fraction of sp³-hybridized carbons (Fsp3) is 0.562. The molecule has 0 atom stereocenters. The Kier molecular flexibility index (Phi) is 4.89. The molecule has 1 aliphatic heterocycles. The van der Waals surface area contributed by atoms with Gasteiger partial charge >= 0.3 is 5.69 Å². The van der Waals surface area contributed by atoms with Crippen molar-refractivity contribution in [2.24, 2.45) is 0 Å². The van der Waals surface area contributed by atoms with Gasteiger partial charge in [0.25, 0.3) is 5.91 Å². The standard InChI is InChI=1S/C16H22N2O5/c1-16(2,3)23-12-6-8-17(9-7-12)15(20)11-4-5-13(18(21)22)14(19)10-11/h4-5,10,12,19H,6-9H2,1-3H3. The summed E-state index contributed by atoms with van der Waals surface area (Å²) in [5.74, 6) is -0.726. The monoisotopic (exact) mass is 322 g/mol. The van der Waals surface area contributed by atoms with Crippen molar-refractivity contribution in [3.63, 3.8) is 0 Å². The van der Waals surface area contributed by atoms with Crippen molar-refractivity contribution in [3.05, 3.63) is 33.9 Å². The molecule has 1 amide bonds. The Labute approximate surface area is 135 Å². The number of piperidine rings is 1. The highest BCUT2D eigenvalue weighted by Gasteiger charge is 2.27. The van der Waals surface area contributed by atoms with Gasteiger partial charge in [0.2, 0.25) is 0 Å². The van der Waals surface area contributed by atoms with Crippen LogP contribution in [-0.2, 0) is 4.74 Å². The van der Waals surface area contributed by atoms with Crippen LogP contribution >= 0.6 is 0 Å². The maximum atomic E-state index is 12.4. The minimum atomic E-state index is -0.682. The van der Waals surface area contributed by atoms with Crippen LogP contribution in [0.25, 0.3) is 0 Å². The first-order valence-corrected chi connectivity index (χ1v) is 7.62. The number of carbonyl (C=O) groups is 1. The molecule has 0 aromatic heterocycles. The van der Waals surface area contributed by atoms with Crippen molar-refractivity contribution < 1.29 is 19.6 Å². The molecule has 1 aromatic rings. The first-order chi connectivity index (χ1) is 10.7. The van der Waals surface area contributed by atoms with Crippen molar-refractivity contribution in [2.45, 2.75) is 45.3 Å². The second kappa shape index (κ2) is 6.54. The van der Waals surface area contributed by atoms with Crippen LogP contribution in [0.1, 0.15) is 44.0 Å². The van der Waals surface area contributed by atoms with Gasteiger partial charge in [-0.25, -0.2) is 0 Å². The smallest absolute Gasteiger partial charge is 0.310 e. The molecular weight excluding hydrogens is 300 g/mol. The molecule has 1 saturated heterocycles. The second-order valence-corrected chi connectivity index (χ2v) is 6.68. The van der Waals surface area contributed by atoms with Crippen LogP contribution in [0, 0.1) is 10.1 Å². The Morgan fingerprint density at radius 3 is 2.43 bits per heavy atom. The zero-order chi connectivity index (χ0) is 17.2. The average molecular weight is 322 g/mol. The van der Waals surface area contributed by atoms with Crippen molar-refractivity contribution >= 4 is 11.6 Å². The third-order valence-electron chi connectivity index (χ3n) is 3.67. The maximum Gasteiger partial charge on any atom is 0.310 e. The van der Waals surface area contributed by atoms with Crippen LogP contribution in [0.15, 0.2) is 18.2 Å². The van der Waals surface area contributed by atoms with E-state index >= 15 is 0 Å². The van der Waals surface area contributed by atoms with Gasteiger partial charge in [-0.3, -0.25) is 14.9 Å². The molecule has 0 spiro atoms. The summed E-state index contributed by atoms with van der Waals surface area (Å²) in [6.07, 6.45) is 1.63. The maximum absolute atomic E-state index is 12.4. The van der Waals surface area contributed by atoms with Gasteiger partial charge in [0.05, 0.1) is 16.6 Å². The number of likely N-dealkylation sites (tertiary alicyclic amines) is 1. The summed E-state index contributed by atoms with van der Waals surface area (Å²) in [4.78, 5) is 24.1. The van der Waals surface area contributed by atoms with Crippen LogP contribution in [-0.4, -0.2) is 45.6 Å². The second-order valence-electron chi connectivity index (χ2n) is 6.68. The number of hydrogen-bond donors (Lipinski definition) is 1. The number of nitrogens with zero attached hydrogens (tertiary/aromatic N) is 2. The number of amides is 1. The van der Waals surface area contributed by atoms with E-state index in [0.29, 0.717) is 13.1 Å². The molecule has 0 unspecified atom stereocenters. The van der Waals surface area contributed by atoms with Crippen LogP contribution in [0.2, 0.25) is 0 Å². The number of nitro groups is 1. The third kappa shape index (κ3) is 4.41. The lowest BCUT2D eigenvalue weighted by Gasteiger charge is -2.35. The number of benzene rings is 1. The molecule has 1 aromatic carbocycles. The van der Waals surface area contributed by atoms with E-state index in [-0.39, 0.29) is 23.2 Å². The fourth-order valence-electron chi connectivity index (χ4n) is 2.67. The van der Waals surface area contributed by atoms with E-state index in [1.54, 1.807) is 4.90 Å². The molecule has 0 aliphatic carbocycles. The summed E-state index contributed by atoms with van der Waals surface area (Å²) in [6, 6.07) is 3.67. The Morgan fingerprint density at radius 2 is 1.96 bits per heavy atom. The van der Waals surface area contributed by atoms with Gasteiger partial charge < -0.3 is 14.7 Å². The Bertz CT molecular complexity index is 601. The molecule has 23 heavy (non-hydrogen) atoms. The molecule has 0 bridgehead atoms. The third-order valence-corrected chi connectivity index (χ3v) is 3.67. The summed E-state index contributed by atoms with van der Waals surface area (Å²) in [6.45, 7) is 7.15. The first-order valence-electron chi connectivity index (χ1n) is 7.62. The van der Waals surface area contributed by atoms with Crippen molar-refractivity contribution in [1.82, 2.24) is 4.90 Å². The number of aromatic hydroxyl groups is 1. The highest BCUT2D eigenvalue weighted by atomic mass is 16.6. The van der Waals surface area contributed by atoms with Gasteiger partial charge in [0.1, 0.15) is 0 Å². The molecule has 1 aliphatic rings. The van der Waals surface area contributed by atoms with Crippen molar-refractivity contribution in [2.75, 3.05) is 13.1 Å². The predicted molar refractivity (Wildman–Crippen MR) is 84.5 cm³/mol. The average Bonchev–Trinajstić information content (AvgIpc) is 2.45. The number of ether oxygens (including phenoxy) is 1. The van der Waals surface area contributed by atoms with E-state index in [1.807, 2.05) is 20.8 Å². The lowest BCUT2D eigenvalue weighted by atomic mass is 10.0. The van der Waals surface area contributed by atoms with Gasteiger partial charge in [0.15, 0.2) is 5.75 Å². The van der Waals surface area contributed by atoms with Gasteiger partial charge in [-0.05, 0) is 45.7 Å². The van der Waals surface area contributed by atoms with Gasteiger partial charge in [-0.15, -0.1) is 0 Å². The molecule has 1 N–H and O–H groups in total. The van der Waals surface area contributed by atoms with Gasteiger partial charge in [0, 0.05) is 24.7 Å². The summed E-state index contributed by atoms with van der Waals surface area (Å²) in [7, 11) is 0. The molecule has 2 rings (SSSR count). The Morgan fingerprint density at radius 1 is 1.35 bits per heavy atom. The van der Waals surface area contributed by atoms with Crippen LogP contribution in [0.5, 0.6) is 5.75 Å². The molecule has 7 nitrogen and oxygen atoms in total. The zero-order valence-corrected chi connectivity index (χ0v) is 13.6. The van der Waals surface area contributed by atoms with E-state index in [2.05, 4.69) is 0 Å². The molecule has 0 saturated carbocycles. The number of phenols is 1. The highest BCUT2D eigenvalue weighted by Crippen LogP contribution is 2.27. The van der Waals surface area contributed by atoms with Gasteiger partial charge in [-0.1, -0.05) is 0 Å². The van der Waals surface area contributed by atoms with Crippen molar-refractivity contribution in [1.29, 1.82) is 0 Å². The van der Waals surface area contributed by atoms with E-state index in [4.69, 9.17) is 4.74 Å². The molecule has 7 heteroatoms. The van der Waals surface area contributed by atoms with Crippen molar-refractivity contribution in [3.8, 4) is 5.75 Å². The highest BCUT2D eigenvalue weighted by molar-refractivity contribution is 5.95. The number of carbonyl (C=O) groups excluding carboxylic acids is 1. The summed E-state index contributed by atoms with van der Waals surface area (Å²) in [5.41, 5.74) is -0.358. The molecule has 0 radical (unpaired) electrons. The molecule has 1 fully saturated rings. The summed E-state index contributed by atoms with van der Waals surface area (Å²) >= 11 is 0. The van der Waals surface area contributed by atoms with Crippen LogP contribution in [0.4, 0.5) is 5.69 Å². The first kappa shape index (κ1) is 17.2. The summed E-state index contributed by atoms with van der Waals surface area (Å²) < 4.78 is 5.92. The number of hydrogen-bond acceptors (Lipinski definition) is 5. The topological polar surface area (TPSA) is 92.9 Å². The minimum Gasteiger partial charge on any atom is -0.502 e. The SMILES string of the molecule is CC(C)(C)OC1CCN(C(=O)c2ccc([N+](=O)[O-])c(O)c2)CC1. The summed E-state index contributed by atoms with van der Waals surface area (Å²) in [5, 5.41) is 20.3. The van der Waals surface area contributed by atoms with E-state index in [1.165, 1.54) is 6.07 Å². The number of phenolic OH excluding ortho intramolecular Hbond substituents is 1. The largest absolute Gasteiger partial charge is 0.502 e. The zero-order valence-electron chi connectivity index (χ0n) is 13.6. The lowest BCUT2D eigenvalue weighted by Crippen LogP contribution is -2.42. The molecule has 126 valence electrons. The normalized spacial score (nSPS) is 16.4. The van der Waals surface area contributed by atoms with E-state index in [0.717, 1.165) is 25.0 Å². The van der Waals surface area contributed by atoms with E-state index in [9.17, 15) is 20.0 Å². The predicted octanol–water partition coefficient (Wildman–Crippen LogP) is 2.72. The minimum absolute atomic E-state index is 0.129. The fourth-order valence-corrected chi connectivity index (χ4v) is 2.67. The Hall–Kier alpha value is -2.15. The van der Waals surface area contributed by atoms with Crippen LogP contribution in [0.3, 0.4) is 0 Å². The number of rotatable bonds is 3. The molecule has 1 heterocycles.